The van der Waals surface area contributed by atoms with Gasteiger partial charge in [0.25, 0.3) is 6.08 Å². The molecule has 0 aromatic rings. The normalized spacial score (nSPS) is 42.6. The maximum Gasteiger partial charge on any atom is 0.269 e. The number of allylic oxidation sites excluding steroid dienone is 1. The number of oxime groups is 1. The van der Waals surface area contributed by atoms with Gasteiger partial charge in [-0.05, 0) is 79.6 Å². The zero-order valence-electron chi connectivity index (χ0n) is 17.4. The van der Waals surface area contributed by atoms with Crippen molar-refractivity contribution in [1.82, 2.24) is 0 Å². The summed E-state index contributed by atoms with van der Waals surface area (Å²) in [5.74, 6) is 1.05. The number of fused-ring (bicyclic) bond motifs is 5. The molecule has 4 rings (SSSR count). The Hall–Kier alpha value is -1.01. The lowest BCUT2D eigenvalue weighted by Crippen LogP contribution is -2.54. The van der Waals surface area contributed by atoms with Crippen molar-refractivity contribution in [3.63, 3.8) is 0 Å². The lowest BCUT2D eigenvalue weighted by atomic mass is 9.44. The van der Waals surface area contributed by atoms with Gasteiger partial charge in [0, 0.05) is 18.4 Å². The summed E-state index contributed by atoms with van der Waals surface area (Å²) in [4.78, 5) is 17.8. The number of carbonyl (C=O) groups excluding carboxylic acids is 1. The number of halogens is 3. The van der Waals surface area contributed by atoms with Crippen LogP contribution in [0.3, 0.4) is 0 Å². The number of Topliss-reactive ketones (excluding diaryl/α,β-unsaturated/α-hetero) is 1. The predicted molar refractivity (Wildman–Crippen MR) is 111 cm³/mol. The molecule has 4 aliphatic rings. The summed E-state index contributed by atoms with van der Waals surface area (Å²) in [7, 11) is 0. The van der Waals surface area contributed by atoms with Gasteiger partial charge in [-0.2, -0.15) is 8.78 Å². The van der Waals surface area contributed by atoms with Gasteiger partial charge in [0.15, 0.2) is 0 Å². The lowest BCUT2D eigenvalue weighted by Gasteiger charge is -2.59. The minimum atomic E-state index is -1.52. The van der Waals surface area contributed by atoms with Crippen molar-refractivity contribution in [1.29, 1.82) is 0 Å². The van der Waals surface area contributed by atoms with E-state index in [-0.39, 0.29) is 41.0 Å². The third kappa shape index (κ3) is 3.54. The molecule has 0 aliphatic heterocycles. The molecule has 0 aromatic carbocycles. The quantitative estimate of drug-likeness (QED) is 0.499. The molecule has 6 atom stereocenters. The van der Waals surface area contributed by atoms with Gasteiger partial charge in [0.1, 0.15) is 12.4 Å². The van der Waals surface area contributed by atoms with E-state index in [9.17, 15) is 13.6 Å². The summed E-state index contributed by atoms with van der Waals surface area (Å²) in [6.07, 6.45) is 4.52. The van der Waals surface area contributed by atoms with Gasteiger partial charge in [0.05, 0.1) is 5.71 Å². The smallest absolute Gasteiger partial charge is 0.269 e. The van der Waals surface area contributed by atoms with E-state index in [4.69, 9.17) is 10.6 Å². The molecule has 29 heavy (non-hydrogen) atoms. The van der Waals surface area contributed by atoms with Crippen molar-refractivity contribution < 1.29 is 18.4 Å². The van der Waals surface area contributed by atoms with Crippen molar-refractivity contribution in [2.24, 2.45) is 45.4 Å². The van der Waals surface area contributed by atoms with Crippen LogP contribution in [0.4, 0.5) is 8.78 Å². The maximum atomic E-state index is 14.1. The van der Waals surface area contributed by atoms with E-state index >= 15 is 0 Å². The Morgan fingerprint density at radius 2 is 1.93 bits per heavy atom. The van der Waals surface area contributed by atoms with Crippen molar-refractivity contribution in [2.75, 3.05) is 13.2 Å². The van der Waals surface area contributed by atoms with Crippen LogP contribution >= 0.6 is 12.4 Å². The number of rotatable bonds is 3. The fourth-order valence-corrected chi connectivity index (χ4v) is 7.16. The van der Waals surface area contributed by atoms with E-state index in [0.717, 1.165) is 37.8 Å². The molecule has 0 bridgehead atoms. The van der Waals surface area contributed by atoms with Gasteiger partial charge >= 0.3 is 0 Å². The fraction of sp³-hybridized carbons (Fsp3) is 0.818. The molecule has 0 radical (unpaired) electrons. The number of hydrogen-bond donors (Lipinski definition) is 1. The zero-order valence-corrected chi connectivity index (χ0v) is 18.2. The molecule has 4 aliphatic carbocycles. The second-order valence-electron chi connectivity index (χ2n) is 9.83. The Bertz CT molecular complexity index is 724. The van der Waals surface area contributed by atoms with Crippen LogP contribution in [0.1, 0.15) is 65.2 Å². The van der Waals surface area contributed by atoms with Crippen LogP contribution in [-0.4, -0.2) is 24.6 Å². The highest BCUT2D eigenvalue weighted by Crippen LogP contribution is 2.66. The summed E-state index contributed by atoms with van der Waals surface area (Å²) < 4.78 is 28.2. The molecule has 2 N–H and O–H groups in total. The number of nitrogens with zero attached hydrogens (tertiary/aromatic N) is 1. The lowest BCUT2D eigenvalue weighted by molar-refractivity contribution is -0.134. The first-order chi connectivity index (χ1) is 13.3. The fourth-order valence-electron chi connectivity index (χ4n) is 7.16. The molecule has 164 valence electrons. The number of carbonyl (C=O) groups is 1. The van der Waals surface area contributed by atoms with E-state index < -0.39 is 6.08 Å². The number of ketones is 1. The monoisotopic (exact) mass is 430 g/mol. The molecule has 7 heteroatoms. The van der Waals surface area contributed by atoms with Crippen molar-refractivity contribution >= 4 is 23.9 Å². The molecule has 4 saturated carbocycles. The average Bonchev–Trinajstić information content (AvgIpc) is 2.96. The molecular weight excluding hydrogens is 398 g/mol. The average molecular weight is 431 g/mol. The van der Waals surface area contributed by atoms with Crippen LogP contribution in [0.25, 0.3) is 0 Å². The zero-order chi connectivity index (χ0) is 20.1. The van der Waals surface area contributed by atoms with E-state index in [2.05, 4.69) is 19.0 Å². The first kappa shape index (κ1) is 22.7. The molecule has 0 amide bonds. The third-order valence-electron chi connectivity index (χ3n) is 8.70. The van der Waals surface area contributed by atoms with Crippen LogP contribution in [0.2, 0.25) is 0 Å². The molecular formula is C22H33ClF2N2O2. The van der Waals surface area contributed by atoms with Crippen LogP contribution in [-0.2, 0) is 9.63 Å². The predicted octanol–water partition coefficient (Wildman–Crippen LogP) is 5.11. The van der Waals surface area contributed by atoms with E-state index in [0.29, 0.717) is 49.7 Å². The van der Waals surface area contributed by atoms with Crippen LogP contribution in [0, 0.1) is 34.5 Å². The first-order valence-electron chi connectivity index (χ1n) is 10.8. The minimum Gasteiger partial charge on any atom is -0.395 e. The highest BCUT2D eigenvalue weighted by atomic mass is 35.5. The highest BCUT2D eigenvalue weighted by molar-refractivity contribution is 5.87. The van der Waals surface area contributed by atoms with Crippen molar-refractivity contribution in [3.8, 4) is 0 Å². The second-order valence-corrected chi connectivity index (χ2v) is 9.83. The summed E-state index contributed by atoms with van der Waals surface area (Å²) in [6, 6.07) is 0. The summed E-state index contributed by atoms with van der Waals surface area (Å²) in [5.41, 5.74) is 6.20. The Morgan fingerprint density at radius 3 is 2.62 bits per heavy atom. The molecule has 0 spiro atoms. The number of nitrogens with two attached hydrogens (primary N) is 1. The summed E-state index contributed by atoms with van der Waals surface area (Å²) in [6.45, 7) is 5.05. The van der Waals surface area contributed by atoms with E-state index in [1.807, 2.05) is 0 Å². The van der Waals surface area contributed by atoms with Crippen molar-refractivity contribution in [2.45, 2.75) is 65.2 Å². The van der Waals surface area contributed by atoms with Gasteiger partial charge in [0.2, 0.25) is 0 Å². The van der Waals surface area contributed by atoms with E-state index in [1.54, 1.807) is 0 Å². The molecule has 0 aromatic heterocycles. The van der Waals surface area contributed by atoms with Gasteiger partial charge in [-0.1, -0.05) is 19.0 Å². The molecule has 4 nitrogen and oxygen atoms in total. The van der Waals surface area contributed by atoms with Gasteiger partial charge in [-0.25, -0.2) is 0 Å². The maximum absolute atomic E-state index is 14.1. The van der Waals surface area contributed by atoms with Crippen LogP contribution < -0.4 is 5.73 Å². The minimum absolute atomic E-state index is 0. The van der Waals surface area contributed by atoms with Crippen LogP contribution in [0.5, 0.6) is 0 Å². The van der Waals surface area contributed by atoms with Crippen molar-refractivity contribution in [3.05, 3.63) is 11.7 Å². The molecule has 1 unspecified atom stereocenters. The molecule has 0 heterocycles. The van der Waals surface area contributed by atoms with E-state index in [1.165, 1.54) is 0 Å². The Balaban J connectivity index is 0.00000240. The first-order valence-corrected chi connectivity index (χ1v) is 10.8. The number of hydrogen-bond acceptors (Lipinski definition) is 4. The third-order valence-corrected chi connectivity index (χ3v) is 8.70. The molecule has 4 fully saturated rings. The Labute approximate surface area is 178 Å². The standard InChI is InChI=1S/C22H32F2N2O2.ClH/c1-21-7-5-13(26-28-10-9-25)11-18(21)15(20(23)24)12-14-16-3-4-19(27)22(16,2)8-6-17(14)21;/h14,16-18H,3-12,25H2,1-2H3;1H/t14-,16-,17-,18?,21+,22-;/m0./s1. The molecule has 0 saturated heterocycles. The Morgan fingerprint density at radius 1 is 1.17 bits per heavy atom. The van der Waals surface area contributed by atoms with Crippen LogP contribution in [0.15, 0.2) is 16.8 Å². The van der Waals surface area contributed by atoms with Gasteiger partial charge < -0.3 is 10.6 Å². The SMILES string of the molecule is C[C@]12CCC(=NOCCN)CC1C(=C(F)F)C[C@@H]1[C@@H]2CC[C@]2(C)C(=O)CC[C@@H]12.Cl. The highest BCUT2D eigenvalue weighted by Gasteiger charge is 2.61. The Kier molecular flexibility index (Phi) is 6.45. The van der Waals surface area contributed by atoms with Gasteiger partial charge in [-0.15, -0.1) is 12.4 Å². The largest absolute Gasteiger partial charge is 0.395 e. The second kappa shape index (κ2) is 8.26. The topological polar surface area (TPSA) is 64.7 Å². The van der Waals surface area contributed by atoms with Gasteiger partial charge in [-0.3, -0.25) is 4.79 Å². The summed E-state index contributed by atoms with van der Waals surface area (Å²) in [5, 5.41) is 4.19. The summed E-state index contributed by atoms with van der Waals surface area (Å²) >= 11 is 0.